The van der Waals surface area contributed by atoms with E-state index >= 15 is 0 Å². The van der Waals surface area contributed by atoms with E-state index in [9.17, 15) is 13.6 Å². The quantitative estimate of drug-likeness (QED) is 0.771. The van der Waals surface area contributed by atoms with Crippen LogP contribution in [0, 0.1) is 12.3 Å². The summed E-state index contributed by atoms with van der Waals surface area (Å²) in [4.78, 5) is 15.9. The van der Waals surface area contributed by atoms with Gasteiger partial charge in [0.25, 0.3) is 12.3 Å². The second kappa shape index (κ2) is 6.67. The fraction of sp³-hybridized carbons (Fsp3) is 0.625. The van der Waals surface area contributed by atoms with Gasteiger partial charge in [-0.1, -0.05) is 20.8 Å². The van der Waals surface area contributed by atoms with Gasteiger partial charge in [0.2, 0.25) is 11.7 Å². The van der Waals surface area contributed by atoms with Crippen LogP contribution in [0.25, 0.3) is 0 Å². The molecule has 1 aliphatic heterocycles. The molecule has 2 rings (SSSR count). The average molecular weight is 338 g/mol. The smallest absolute Gasteiger partial charge is 0.289 e. The normalized spacial score (nSPS) is 15.4. The minimum absolute atomic E-state index is 0.0978. The van der Waals surface area contributed by atoms with Crippen LogP contribution in [0.5, 0.6) is 0 Å². The Labute approximate surface area is 139 Å². The first-order valence-electron chi connectivity index (χ1n) is 7.63. The standard InChI is InChI=1S/C16H20F2N4O2/c1-5-6-7-16(21-22-16)8-9-19-13(23)11-10(12(17)18)20-14(24-11)15(2,3)4/h1,12H,6-9H2,2-4H3,(H,19,23). The van der Waals surface area contributed by atoms with Crippen LogP contribution in [0.2, 0.25) is 0 Å². The van der Waals surface area contributed by atoms with Crippen LogP contribution in [0.4, 0.5) is 8.78 Å². The average Bonchev–Trinajstić information content (AvgIpc) is 3.09. The number of nitrogens with one attached hydrogen (secondary N) is 1. The first kappa shape index (κ1) is 18.0. The van der Waals surface area contributed by atoms with Crippen LogP contribution in [-0.4, -0.2) is 23.1 Å². The molecule has 130 valence electrons. The minimum atomic E-state index is -2.89. The molecule has 0 bridgehead atoms. The van der Waals surface area contributed by atoms with Crippen molar-refractivity contribution in [2.75, 3.05) is 6.54 Å². The molecule has 0 atom stereocenters. The Morgan fingerprint density at radius 3 is 2.54 bits per heavy atom. The Bertz CT molecular complexity index is 677. The van der Waals surface area contributed by atoms with Gasteiger partial charge in [-0.3, -0.25) is 4.79 Å². The maximum Gasteiger partial charge on any atom is 0.289 e. The molecule has 0 saturated carbocycles. The van der Waals surface area contributed by atoms with Gasteiger partial charge in [0.15, 0.2) is 11.4 Å². The molecule has 24 heavy (non-hydrogen) atoms. The van der Waals surface area contributed by atoms with E-state index in [4.69, 9.17) is 10.8 Å². The van der Waals surface area contributed by atoms with E-state index in [-0.39, 0.29) is 12.4 Å². The van der Waals surface area contributed by atoms with Gasteiger partial charge in [-0.05, 0) is 0 Å². The number of carbonyl (C=O) groups is 1. The van der Waals surface area contributed by atoms with Gasteiger partial charge in [-0.2, -0.15) is 10.2 Å². The number of nitrogens with zero attached hydrogens (tertiary/aromatic N) is 3. The first-order valence-corrected chi connectivity index (χ1v) is 7.63. The fourth-order valence-corrected chi connectivity index (χ4v) is 2.09. The Hall–Kier alpha value is -2.30. The molecule has 0 unspecified atom stereocenters. The highest BCUT2D eigenvalue weighted by atomic mass is 19.3. The predicted octanol–water partition coefficient (Wildman–Crippen LogP) is 3.61. The summed E-state index contributed by atoms with van der Waals surface area (Å²) in [6.45, 7) is 5.52. The lowest BCUT2D eigenvalue weighted by Gasteiger charge is -2.12. The molecule has 0 radical (unpaired) electrons. The Kier molecular flexibility index (Phi) is 5.02. The van der Waals surface area contributed by atoms with E-state index in [1.54, 1.807) is 20.8 Å². The lowest BCUT2D eigenvalue weighted by molar-refractivity contribution is 0.0902. The summed E-state index contributed by atoms with van der Waals surface area (Å²) in [5.41, 5.74) is -1.75. The zero-order valence-electron chi connectivity index (χ0n) is 13.9. The topological polar surface area (TPSA) is 79.9 Å². The van der Waals surface area contributed by atoms with Gasteiger partial charge < -0.3 is 9.73 Å². The lowest BCUT2D eigenvalue weighted by Crippen LogP contribution is -2.28. The number of carbonyl (C=O) groups excluding carboxylic acids is 1. The fourth-order valence-electron chi connectivity index (χ4n) is 2.09. The van der Waals surface area contributed by atoms with E-state index < -0.39 is 34.9 Å². The number of amides is 1. The Balaban J connectivity index is 1.99. The summed E-state index contributed by atoms with van der Waals surface area (Å²) >= 11 is 0. The van der Waals surface area contributed by atoms with Crippen molar-refractivity contribution in [1.82, 2.24) is 10.3 Å². The monoisotopic (exact) mass is 338 g/mol. The van der Waals surface area contributed by atoms with E-state index in [1.165, 1.54) is 0 Å². The molecule has 0 aromatic carbocycles. The van der Waals surface area contributed by atoms with Crippen molar-refractivity contribution in [3.8, 4) is 12.3 Å². The van der Waals surface area contributed by atoms with Crippen molar-refractivity contribution >= 4 is 5.91 Å². The molecular formula is C16H20F2N4O2. The largest absolute Gasteiger partial charge is 0.434 e. The van der Waals surface area contributed by atoms with Gasteiger partial charge in [0.05, 0.1) is 0 Å². The molecular weight excluding hydrogens is 318 g/mol. The van der Waals surface area contributed by atoms with Crippen molar-refractivity contribution in [2.45, 2.75) is 57.5 Å². The zero-order valence-corrected chi connectivity index (χ0v) is 13.9. The van der Waals surface area contributed by atoms with Gasteiger partial charge >= 0.3 is 0 Å². The SMILES string of the molecule is C#CCCC1(CCNC(=O)c2oc(C(C)(C)C)nc2C(F)F)N=N1. The molecule has 0 saturated heterocycles. The number of rotatable bonds is 7. The Morgan fingerprint density at radius 1 is 1.38 bits per heavy atom. The summed E-state index contributed by atoms with van der Waals surface area (Å²) in [7, 11) is 0. The van der Waals surface area contributed by atoms with E-state index in [2.05, 4.69) is 26.4 Å². The number of alkyl halides is 2. The zero-order chi connectivity index (χ0) is 18.0. The Morgan fingerprint density at radius 2 is 2.04 bits per heavy atom. The predicted molar refractivity (Wildman–Crippen MR) is 82.8 cm³/mol. The molecule has 1 amide bonds. The van der Waals surface area contributed by atoms with Gasteiger partial charge in [0.1, 0.15) is 0 Å². The second-order valence-corrected chi connectivity index (χ2v) is 6.68. The summed E-state index contributed by atoms with van der Waals surface area (Å²) in [6, 6.07) is 0. The molecule has 0 fully saturated rings. The second-order valence-electron chi connectivity index (χ2n) is 6.68. The van der Waals surface area contributed by atoms with Crippen molar-refractivity contribution in [1.29, 1.82) is 0 Å². The van der Waals surface area contributed by atoms with Crippen LogP contribution >= 0.6 is 0 Å². The number of hydrogen-bond donors (Lipinski definition) is 1. The number of halogens is 2. The summed E-state index contributed by atoms with van der Waals surface area (Å²) in [6.07, 6.45) is 3.92. The maximum atomic E-state index is 13.1. The third-order valence-electron chi connectivity index (χ3n) is 3.57. The number of hydrogen-bond acceptors (Lipinski definition) is 5. The molecule has 0 aliphatic carbocycles. The summed E-state index contributed by atoms with van der Waals surface area (Å²) < 4.78 is 31.5. The third kappa shape index (κ3) is 4.16. The summed E-state index contributed by atoms with van der Waals surface area (Å²) in [5, 5.41) is 10.4. The molecule has 0 spiro atoms. The van der Waals surface area contributed by atoms with Crippen molar-refractivity contribution < 1.29 is 18.0 Å². The van der Waals surface area contributed by atoms with Crippen molar-refractivity contribution in [3.63, 3.8) is 0 Å². The maximum absolute atomic E-state index is 13.1. The molecule has 1 aromatic heterocycles. The van der Waals surface area contributed by atoms with E-state index in [0.29, 0.717) is 19.3 Å². The summed E-state index contributed by atoms with van der Waals surface area (Å²) in [5.74, 6) is 1.44. The van der Waals surface area contributed by atoms with Crippen LogP contribution in [-0.2, 0) is 5.41 Å². The van der Waals surface area contributed by atoms with Crippen molar-refractivity contribution in [2.24, 2.45) is 10.2 Å². The lowest BCUT2D eigenvalue weighted by atomic mass is 9.97. The molecule has 1 N–H and O–H groups in total. The number of aromatic nitrogens is 1. The van der Waals surface area contributed by atoms with E-state index in [1.807, 2.05) is 0 Å². The molecule has 8 heteroatoms. The third-order valence-corrected chi connectivity index (χ3v) is 3.57. The highest BCUT2D eigenvalue weighted by Crippen LogP contribution is 2.36. The number of terminal acetylenes is 1. The van der Waals surface area contributed by atoms with Crippen LogP contribution in [0.15, 0.2) is 14.6 Å². The van der Waals surface area contributed by atoms with Gasteiger partial charge in [-0.25, -0.2) is 13.8 Å². The highest BCUT2D eigenvalue weighted by molar-refractivity contribution is 5.92. The van der Waals surface area contributed by atoms with Gasteiger partial charge in [0, 0.05) is 31.2 Å². The van der Waals surface area contributed by atoms with Crippen LogP contribution in [0.1, 0.15) is 68.6 Å². The number of oxazole rings is 1. The molecule has 6 nitrogen and oxygen atoms in total. The highest BCUT2D eigenvalue weighted by Gasteiger charge is 2.39. The minimum Gasteiger partial charge on any atom is -0.434 e. The van der Waals surface area contributed by atoms with Gasteiger partial charge in [-0.15, -0.1) is 12.3 Å². The van der Waals surface area contributed by atoms with Crippen LogP contribution < -0.4 is 5.32 Å². The van der Waals surface area contributed by atoms with E-state index in [0.717, 1.165) is 0 Å². The van der Waals surface area contributed by atoms with Crippen molar-refractivity contribution in [3.05, 3.63) is 17.3 Å². The molecule has 2 heterocycles. The first-order chi connectivity index (χ1) is 11.2. The molecule has 1 aromatic rings. The molecule has 1 aliphatic rings. The van der Waals surface area contributed by atoms with Crippen LogP contribution in [0.3, 0.4) is 0 Å².